The summed E-state index contributed by atoms with van der Waals surface area (Å²) in [4.78, 5) is 4.68. The highest BCUT2D eigenvalue weighted by Gasteiger charge is 2.22. The predicted octanol–water partition coefficient (Wildman–Crippen LogP) is 2.67. The van der Waals surface area contributed by atoms with Crippen LogP contribution < -0.4 is 10.5 Å². The highest BCUT2D eigenvalue weighted by molar-refractivity contribution is 9.10. The van der Waals surface area contributed by atoms with E-state index < -0.39 is 20.7 Å². The Labute approximate surface area is 134 Å². The van der Waals surface area contributed by atoms with Crippen molar-refractivity contribution >= 4 is 43.0 Å². The lowest BCUT2D eigenvalue weighted by Crippen LogP contribution is -2.24. The monoisotopic (exact) mass is 393 g/mol. The van der Waals surface area contributed by atoms with Gasteiger partial charge in [0.2, 0.25) is 10.0 Å². The zero-order valence-corrected chi connectivity index (χ0v) is 14.3. The second-order valence-electron chi connectivity index (χ2n) is 4.21. The Bertz CT molecular complexity index is 762. The Morgan fingerprint density at radius 2 is 2.19 bits per heavy atom. The van der Waals surface area contributed by atoms with Crippen LogP contribution in [-0.2, 0) is 23.0 Å². The Morgan fingerprint density at radius 3 is 2.81 bits per heavy atom. The molecule has 0 aliphatic rings. The van der Waals surface area contributed by atoms with Crippen LogP contribution in [0.4, 0.5) is 10.1 Å². The molecule has 114 valence electrons. The summed E-state index contributed by atoms with van der Waals surface area (Å²) in [6.07, 6.45) is 2.53. The molecule has 0 unspecified atom stereocenters. The minimum absolute atomic E-state index is 0.00499. The van der Waals surface area contributed by atoms with Crippen molar-refractivity contribution in [1.29, 1.82) is 0 Å². The molecule has 5 nitrogen and oxygen atoms in total. The van der Waals surface area contributed by atoms with E-state index in [1.165, 1.54) is 17.4 Å². The summed E-state index contributed by atoms with van der Waals surface area (Å²) >= 11 is 4.35. The fourth-order valence-corrected chi connectivity index (χ4v) is 4.23. The standard InChI is InChI=1S/C12H13BrFN3O2S2/c1-2-8-5-16-11(20-8)6-17-21(18,19)10-4-7(15)3-9(13)12(10)14/h3-5,17H,2,6,15H2,1H3. The number of rotatable bonds is 5. The number of thiazole rings is 1. The van der Waals surface area contributed by atoms with Gasteiger partial charge in [-0.25, -0.2) is 22.5 Å². The van der Waals surface area contributed by atoms with Gasteiger partial charge in [0.15, 0.2) is 5.82 Å². The number of hydrogen-bond acceptors (Lipinski definition) is 5. The molecule has 9 heteroatoms. The van der Waals surface area contributed by atoms with E-state index in [1.807, 2.05) is 6.92 Å². The number of benzene rings is 1. The summed E-state index contributed by atoms with van der Waals surface area (Å²) in [7, 11) is -4.00. The molecule has 2 aromatic rings. The van der Waals surface area contributed by atoms with Crippen molar-refractivity contribution in [2.45, 2.75) is 24.8 Å². The smallest absolute Gasteiger partial charge is 0.243 e. The van der Waals surface area contributed by atoms with Gasteiger partial charge in [-0.3, -0.25) is 0 Å². The van der Waals surface area contributed by atoms with Crippen molar-refractivity contribution in [3.8, 4) is 0 Å². The number of aromatic nitrogens is 1. The molecule has 2 rings (SSSR count). The first-order valence-corrected chi connectivity index (χ1v) is 9.10. The van der Waals surface area contributed by atoms with Crippen LogP contribution >= 0.6 is 27.3 Å². The second-order valence-corrected chi connectivity index (χ2v) is 8.00. The first-order valence-electron chi connectivity index (χ1n) is 6.01. The first-order chi connectivity index (χ1) is 9.83. The summed E-state index contributed by atoms with van der Waals surface area (Å²) < 4.78 is 40.6. The van der Waals surface area contributed by atoms with Crippen LogP contribution in [0.1, 0.15) is 16.8 Å². The maximum absolute atomic E-state index is 13.9. The van der Waals surface area contributed by atoms with Gasteiger partial charge in [-0.2, -0.15) is 0 Å². The van der Waals surface area contributed by atoms with Gasteiger partial charge in [0, 0.05) is 16.8 Å². The van der Waals surface area contributed by atoms with Crippen LogP contribution in [0.2, 0.25) is 0 Å². The van der Waals surface area contributed by atoms with Gasteiger partial charge in [-0.05, 0) is 34.5 Å². The second kappa shape index (κ2) is 6.39. The Kier molecular flexibility index (Phi) is 4.97. The molecule has 21 heavy (non-hydrogen) atoms. The van der Waals surface area contributed by atoms with Crippen LogP contribution in [0.5, 0.6) is 0 Å². The van der Waals surface area contributed by atoms with Crippen LogP contribution in [0.3, 0.4) is 0 Å². The molecule has 0 atom stereocenters. The molecule has 1 heterocycles. The Hall–Kier alpha value is -1.03. The third-order valence-electron chi connectivity index (χ3n) is 2.67. The first kappa shape index (κ1) is 16.3. The summed E-state index contributed by atoms with van der Waals surface area (Å²) in [6, 6.07) is 2.39. The SMILES string of the molecule is CCc1cnc(CNS(=O)(=O)c2cc(N)cc(Br)c2F)s1. The summed E-state index contributed by atoms with van der Waals surface area (Å²) in [5.74, 6) is -0.870. The van der Waals surface area contributed by atoms with Gasteiger partial charge in [0.05, 0.1) is 11.0 Å². The van der Waals surface area contributed by atoms with E-state index in [4.69, 9.17) is 5.73 Å². The van der Waals surface area contributed by atoms with Gasteiger partial charge in [0.25, 0.3) is 0 Å². The third kappa shape index (κ3) is 3.79. The molecule has 0 fully saturated rings. The number of nitrogen functional groups attached to an aromatic ring is 1. The molecule has 0 saturated heterocycles. The number of hydrogen-bond donors (Lipinski definition) is 2. The van der Waals surface area contributed by atoms with Crippen LogP contribution in [0, 0.1) is 5.82 Å². The topological polar surface area (TPSA) is 85.1 Å². The minimum atomic E-state index is -4.00. The lowest BCUT2D eigenvalue weighted by atomic mass is 10.3. The molecule has 3 N–H and O–H groups in total. The number of nitrogens with two attached hydrogens (primary N) is 1. The third-order valence-corrected chi connectivity index (χ3v) is 5.79. The van der Waals surface area contributed by atoms with Crippen LogP contribution in [0.25, 0.3) is 0 Å². The average Bonchev–Trinajstić information content (AvgIpc) is 2.88. The van der Waals surface area contributed by atoms with Crippen molar-refractivity contribution in [3.05, 3.63) is 38.5 Å². The molecular formula is C12H13BrFN3O2S2. The van der Waals surface area contributed by atoms with Crippen molar-refractivity contribution < 1.29 is 12.8 Å². The highest BCUT2D eigenvalue weighted by Crippen LogP contribution is 2.26. The van der Waals surface area contributed by atoms with Gasteiger partial charge in [-0.15, -0.1) is 11.3 Å². The largest absolute Gasteiger partial charge is 0.399 e. The number of aryl methyl sites for hydroxylation is 1. The minimum Gasteiger partial charge on any atom is -0.399 e. The maximum atomic E-state index is 13.9. The molecule has 0 aliphatic carbocycles. The Morgan fingerprint density at radius 1 is 1.48 bits per heavy atom. The molecule has 0 radical (unpaired) electrons. The van der Waals surface area contributed by atoms with E-state index in [0.717, 1.165) is 17.4 Å². The van der Waals surface area contributed by atoms with E-state index in [1.54, 1.807) is 6.20 Å². The van der Waals surface area contributed by atoms with Crippen LogP contribution in [-0.4, -0.2) is 13.4 Å². The zero-order chi connectivity index (χ0) is 15.6. The van der Waals surface area contributed by atoms with Crippen molar-refractivity contribution in [3.63, 3.8) is 0 Å². The summed E-state index contributed by atoms with van der Waals surface area (Å²) in [5, 5.41) is 0.624. The number of nitrogens with zero attached hydrogens (tertiary/aromatic N) is 1. The van der Waals surface area contributed by atoms with E-state index in [9.17, 15) is 12.8 Å². The summed E-state index contributed by atoms with van der Waals surface area (Å²) in [6.45, 7) is 2.00. The van der Waals surface area contributed by atoms with Crippen molar-refractivity contribution in [2.24, 2.45) is 0 Å². The lowest BCUT2D eigenvalue weighted by Gasteiger charge is -2.08. The number of anilines is 1. The van der Waals surface area contributed by atoms with Crippen LogP contribution in [0.15, 0.2) is 27.7 Å². The number of halogens is 2. The predicted molar refractivity (Wildman–Crippen MR) is 84.0 cm³/mol. The average molecular weight is 394 g/mol. The maximum Gasteiger partial charge on any atom is 0.243 e. The number of sulfonamides is 1. The lowest BCUT2D eigenvalue weighted by molar-refractivity contribution is 0.554. The van der Waals surface area contributed by atoms with E-state index >= 15 is 0 Å². The van der Waals surface area contributed by atoms with E-state index in [2.05, 4.69) is 25.6 Å². The zero-order valence-electron chi connectivity index (χ0n) is 11.1. The normalized spacial score (nSPS) is 11.8. The molecule has 0 amide bonds. The molecule has 0 aliphatic heterocycles. The number of nitrogens with one attached hydrogen (secondary N) is 1. The van der Waals surface area contributed by atoms with Gasteiger partial charge < -0.3 is 5.73 Å². The van der Waals surface area contributed by atoms with Gasteiger partial charge >= 0.3 is 0 Å². The van der Waals surface area contributed by atoms with Crippen molar-refractivity contribution in [1.82, 2.24) is 9.71 Å². The van der Waals surface area contributed by atoms with Crippen molar-refractivity contribution in [2.75, 3.05) is 5.73 Å². The van der Waals surface area contributed by atoms with E-state index in [0.29, 0.717) is 5.01 Å². The molecule has 0 bridgehead atoms. The fourth-order valence-electron chi connectivity index (χ4n) is 1.61. The molecule has 1 aromatic heterocycles. The van der Waals surface area contributed by atoms with Gasteiger partial charge in [0.1, 0.15) is 9.90 Å². The van der Waals surface area contributed by atoms with Gasteiger partial charge in [-0.1, -0.05) is 6.92 Å². The highest BCUT2D eigenvalue weighted by atomic mass is 79.9. The summed E-state index contributed by atoms with van der Waals surface area (Å²) in [5.41, 5.74) is 5.71. The molecule has 1 aromatic carbocycles. The van der Waals surface area contributed by atoms with E-state index in [-0.39, 0.29) is 16.7 Å². The fraction of sp³-hybridized carbons (Fsp3) is 0.250. The molecule has 0 spiro atoms. The molecule has 0 saturated carbocycles. The molecular weight excluding hydrogens is 381 g/mol. The Balaban J connectivity index is 2.22. The quantitative estimate of drug-likeness (QED) is 0.764.